The van der Waals surface area contributed by atoms with E-state index in [1.165, 1.54) is 0 Å². The largest absolute Gasteiger partial charge is 0.396 e. The van der Waals surface area contributed by atoms with Crippen molar-refractivity contribution < 1.29 is 9.84 Å². The lowest BCUT2D eigenvalue weighted by molar-refractivity contribution is 0.0716. The number of hydrogen-bond acceptors (Lipinski definition) is 2. The highest BCUT2D eigenvalue weighted by Gasteiger charge is 2.06. The van der Waals surface area contributed by atoms with Crippen molar-refractivity contribution in [3.8, 4) is 0 Å². The number of aliphatic hydroxyl groups is 1. The molecule has 0 saturated carbocycles. The molecule has 0 saturated heterocycles. The lowest BCUT2D eigenvalue weighted by Gasteiger charge is -2.16. The SMILES string of the molecule is OCCCCC1C=CCCO1. The molecule has 1 N–H and O–H groups in total. The first-order valence-corrected chi connectivity index (χ1v) is 4.32. The van der Waals surface area contributed by atoms with Gasteiger partial charge in [0.05, 0.1) is 12.7 Å². The maximum absolute atomic E-state index is 8.54. The van der Waals surface area contributed by atoms with Gasteiger partial charge in [0, 0.05) is 6.61 Å². The summed E-state index contributed by atoms with van der Waals surface area (Å²) in [5.41, 5.74) is 0. The van der Waals surface area contributed by atoms with Gasteiger partial charge in [-0.25, -0.2) is 0 Å². The van der Waals surface area contributed by atoms with Crippen molar-refractivity contribution in [1.82, 2.24) is 0 Å². The van der Waals surface area contributed by atoms with Gasteiger partial charge >= 0.3 is 0 Å². The van der Waals surface area contributed by atoms with E-state index in [-0.39, 0.29) is 0 Å². The lowest BCUT2D eigenvalue weighted by atomic mass is 10.1. The summed E-state index contributed by atoms with van der Waals surface area (Å²) >= 11 is 0. The minimum absolute atomic E-state index is 0.302. The quantitative estimate of drug-likeness (QED) is 0.493. The first-order valence-electron chi connectivity index (χ1n) is 4.32. The van der Waals surface area contributed by atoms with Crippen LogP contribution in [0.2, 0.25) is 0 Å². The lowest BCUT2D eigenvalue weighted by Crippen LogP contribution is -2.14. The summed E-state index contributed by atoms with van der Waals surface area (Å²) in [7, 11) is 0. The fourth-order valence-electron chi connectivity index (χ4n) is 1.23. The standard InChI is InChI=1S/C9H16O2/c10-7-3-1-5-9-6-2-4-8-11-9/h2,6,9-10H,1,3-5,7-8H2. The Labute approximate surface area is 67.9 Å². The monoisotopic (exact) mass is 156 g/mol. The van der Waals surface area contributed by atoms with Crippen LogP contribution in [0.3, 0.4) is 0 Å². The Hall–Kier alpha value is -0.340. The van der Waals surface area contributed by atoms with Gasteiger partial charge < -0.3 is 9.84 Å². The first-order chi connectivity index (χ1) is 5.43. The minimum Gasteiger partial charge on any atom is -0.396 e. The van der Waals surface area contributed by atoms with Crippen LogP contribution >= 0.6 is 0 Å². The van der Waals surface area contributed by atoms with E-state index in [1.807, 2.05) is 0 Å². The second kappa shape index (κ2) is 5.33. The second-order valence-corrected chi connectivity index (χ2v) is 2.85. The molecule has 0 aliphatic carbocycles. The van der Waals surface area contributed by atoms with Gasteiger partial charge in [-0.15, -0.1) is 0 Å². The second-order valence-electron chi connectivity index (χ2n) is 2.85. The third kappa shape index (κ3) is 3.54. The summed E-state index contributed by atoms with van der Waals surface area (Å²) < 4.78 is 5.46. The maximum Gasteiger partial charge on any atom is 0.0756 e. The molecule has 1 rings (SSSR count). The van der Waals surface area contributed by atoms with Gasteiger partial charge in [0.25, 0.3) is 0 Å². The van der Waals surface area contributed by atoms with Crippen molar-refractivity contribution in [2.75, 3.05) is 13.2 Å². The number of hydrogen-bond donors (Lipinski definition) is 1. The number of unbranched alkanes of at least 4 members (excludes halogenated alkanes) is 1. The summed E-state index contributed by atoms with van der Waals surface area (Å²) in [6.07, 6.45) is 8.68. The Balaban J connectivity index is 2.05. The molecular formula is C9H16O2. The van der Waals surface area contributed by atoms with Gasteiger partial charge in [-0.2, -0.15) is 0 Å². The Morgan fingerprint density at radius 2 is 2.36 bits per heavy atom. The van der Waals surface area contributed by atoms with E-state index < -0.39 is 0 Å². The first kappa shape index (κ1) is 8.75. The molecule has 1 atom stereocenters. The molecule has 1 aliphatic rings. The van der Waals surface area contributed by atoms with E-state index in [1.54, 1.807) is 0 Å². The van der Waals surface area contributed by atoms with Gasteiger partial charge in [-0.1, -0.05) is 12.2 Å². The highest BCUT2D eigenvalue weighted by atomic mass is 16.5. The fraction of sp³-hybridized carbons (Fsp3) is 0.778. The van der Waals surface area contributed by atoms with E-state index in [4.69, 9.17) is 9.84 Å². The highest BCUT2D eigenvalue weighted by Crippen LogP contribution is 2.10. The van der Waals surface area contributed by atoms with Crippen LogP contribution in [-0.4, -0.2) is 24.4 Å². The Bertz CT molecular complexity index is 121. The topological polar surface area (TPSA) is 29.5 Å². The van der Waals surface area contributed by atoms with Crippen LogP contribution in [0.25, 0.3) is 0 Å². The summed E-state index contributed by atoms with van der Waals surface area (Å²) in [5, 5.41) is 8.54. The van der Waals surface area contributed by atoms with Crippen LogP contribution in [0.15, 0.2) is 12.2 Å². The molecule has 0 aromatic carbocycles. The summed E-state index contributed by atoms with van der Waals surface area (Å²) in [5.74, 6) is 0. The molecule has 2 nitrogen and oxygen atoms in total. The summed E-state index contributed by atoms with van der Waals surface area (Å²) in [4.78, 5) is 0. The van der Waals surface area contributed by atoms with Gasteiger partial charge in [0.15, 0.2) is 0 Å². The van der Waals surface area contributed by atoms with Crippen LogP contribution in [0.4, 0.5) is 0 Å². The number of aliphatic hydroxyl groups excluding tert-OH is 1. The average molecular weight is 156 g/mol. The van der Waals surface area contributed by atoms with Crippen LogP contribution < -0.4 is 0 Å². The Kier molecular flexibility index (Phi) is 4.24. The van der Waals surface area contributed by atoms with Gasteiger partial charge in [0.2, 0.25) is 0 Å². The van der Waals surface area contributed by atoms with Crippen molar-refractivity contribution in [1.29, 1.82) is 0 Å². The molecule has 11 heavy (non-hydrogen) atoms. The van der Waals surface area contributed by atoms with E-state index in [2.05, 4.69) is 12.2 Å². The maximum atomic E-state index is 8.54. The molecule has 0 aromatic heterocycles. The van der Waals surface area contributed by atoms with Gasteiger partial charge in [-0.3, -0.25) is 0 Å². The highest BCUT2D eigenvalue weighted by molar-refractivity contribution is 4.92. The van der Waals surface area contributed by atoms with Crippen LogP contribution in [0.5, 0.6) is 0 Å². The zero-order valence-electron chi connectivity index (χ0n) is 6.83. The van der Waals surface area contributed by atoms with Crippen molar-refractivity contribution in [2.45, 2.75) is 31.8 Å². The van der Waals surface area contributed by atoms with E-state index in [9.17, 15) is 0 Å². The molecule has 2 heteroatoms. The molecule has 64 valence electrons. The predicted molar refractivity (Wildman–Crippen MR) is 44.4 cm³/mol. The molecular weight excluding hydrogens is 140 g/mol. The van der Waals surface area contributed by atoms with Crippen LogP contribution in [0, 0.1) is 0 Å². The number of rotatable bonds is 4. The zero-order chi connectivity index (χ0) is 7.94. The van der Waals surface area contributed by atoms with Crippen LogP contribution in [-0.2, 0) is 4.74 Å². The average Bonchev–Trinajstić information content (AvgIpc) is 2.07. The molecule has 0 aromatic rings. The molecule has 0 radical (unpaired) electrons. The predicted octanol–water partition coefficient (Wildman–Crippen LogP) is 1.49. The Morgan fingerprint density at radius 3 is 3.00 bits per heavy atom. The summed E-state index contributed by atoms with van der Waals surface area (Å²) in [6.45, 7) is 1.16. The number of ether oxygens (including phenoxy) is 1. The Morgan fingerprint density at radius 1 is 1.45 bits per heavy atom. The summed E-state index contributed by atoms with van der Waals surface area (Å²) in [6, 6.07) is 0. The molecule has 1 aliphatic heterocycles. The van der Waals surface area contributed by atoms with Crippen molar-refractivity contribution >= 4 is 0 Å². The zero-order valence-corrected chi connectivity index (χ0v) is 6.83. The van der Waals surface area contributed by atoms with Crippen molar-refractivity contribution in [2.24, 2.45) is 0 Å². The third-order valence-corrected chi connectivity index (χ3v) is 1.86. The van der Waals surface area contributed by atoms with Gasteiger partial charge in [-0.05, 0) is 25.7 Å². The normalized spacial score (nSPS) is 23.9. The fourth-order valence-corrected chi connectivity index (χ4v) is 1.23. The van der Waals surface area contributed by atoms with E-state index in [0.717, 1.165) is 32.3 Å². The van der Waals surface area contributed by atoms with E-state index in [0.29, 0.717) is 12.7 Å². The smallest absolute Gasteiger partial charge is 0.0756 e. The molecule has 1 unspecified atom stereocenters. The molecule has 1 heterocycles. The van der Waals surface area contributed by atoms with E-state index >= 15 is 0 Å². The molecule has 0 fully saturated rings. The third-order valence-electron chi connectivity index (χ3n) is 1.86. The molecule has 0 bridgehead atoms. The van der Waals surface area contributed by atoms with Crippen LogP contribution in [0.1, 0.15) is 25.7 Å². The van der Waals surface area contributed by atoms with Gasteiger partial charge in [0.1, 0.15) is 0 Å². The molecule has 0 amide bonds. The minimum atomic E-state index is 0.302. The van der Waals surface area contributed by atoms with Crippen molar-refractivity contribution in [3.05, 3.63) is 12.2 Å². The van der Waals surface area contributed by atoms with Crippen molar-refractivity contribution in [3.63, 3.8) is 0 Å². The molecule has 0 spiro atoms.